The molecule has 1 saturated carbocycles. The van der Waals surface area contributed by atoms with Crippen molar-refractivity contribution >= 4 is 17.6 Å². The van der Waals surface area contributed by atoms with Gasteiger partial charge in [-0.15, -0.1) is 0 Å². The van der Waals surface area contributed by atoms with Gasteiger partial charge in [-0.2, -0.15) is 0 Å². The lowest BCUT2D eigenvalue weighted by atomic mass is 9.73. The molecule has 1 aliphatic carbocycles. The van der Waals surface area contributed by atoms with Crippen LogP contribution in [0.4, 0.5) is 10.1 Å². The first-order chi connectivity index (χ1) is 12.5. The highest BCUT2D eigenvalue weighted by Gasteiger charge is 2.41. The predicted molar refractivity (Wildman–Crippen MR) is 91.9 cm³/mol. The lowest BCUT2D eigenvalue weighted by molar-refractivity contribution is -0.151. The number of para-hydroxylation sites is 2. The molecule has 0 radical (unpaired) electrons. The van der Waals surface area contributed by atoms with Gasteiger partial charge in [-0.3, -0.25) is 9.59 Å². The maximum Gasteiger partial charge on any atom is 0.307 e. The highest BCUT2D eigenvalue weighted by molar-refractivity contribution is 5.96. The summed E-state index contributed by atoms with van der Waals surface area (Å²) in [6.45, 7) is 0. The fourth-order valence-corrected chi connectivity index (χ4v) is 2.83. The molecule has 2 atom stereocenters. The number of methoxy groups -OCH3 is 1. The first-order valence-electron chi connectivity index (χ1n) is 8.13. The van der Waals surface area contributed by atoms with Crippen molar-refractivity contribution in [2.24, 2.45) is 11.8 Å². The fraction of sp³-hybridized carbons (Fsp3) is 0.263. The van der Waals surface area contributed by atoms with Crippen LogP contribution in [0, 0.1) is 17.7 Å². The molecule has 0 saturated heterocycles. The van der Waals surface area contributed by atoms with E-state index in [1.54, 1.807) is 24.3 Å². The summed E-state index contributed by atoms with van der Waals surface area (Å²) in [6, 6.07) is 10.9. The Bertz CT molecular complexity index is 838. The van der Waals surface area contributed by atoms with Crippen LogP contribution in [0.3, 0.4) is 0 Å². The van der Waals surface area contributed by atoms with Crippen molar-refractivity contribution in [1.82, 2.24) is 0 Å². The number of carbonyl (C=O) groups excluding carboxylic acids is 1. The summed E-state index contributed by atoms with van der Waals surface area (Å²) < 4.78 is 25.0. The van der Waals surface area contributed by atoms with Crippen LogP contribution < -0.4 is 14.8 Å². The number of ether oxygens (including phenoxy) is 2. The van der Waals surface area contributed by atoms with Gasteiger partial charge < -0.3 is 19.9 Å². The van der Waals surface area contributed by atoms with Crippen LogP contribution >= 0.6 is 0 Å². The Kier molecular flexibility index (Phi) is 5.06. The standard InChI is InChI=1S/C19H18FNO5/c1-25-16-4-2-3-5-17(16)26-15-9-6-11(10-14(15)20)21-18(22)12-7-8-13(12)19(23)24/h2-6,9-10,12-13H,7-8H2,1H3,(H,21,22)(H,23,24). The van der Waals surface area contributed by atoms with Crippen molar-refractivity contribution in [2.75, 3.05) is 12.4 Å². The van der Waals surface area contributed by atoms with Gasteiger partial charge in [0.1, 0.15) is 0 Å². The summed E-state index contributed by atoms with van der Waals surface area (Å²) in [5.74, 6) is -2.49. The van der Waals surface area contributed by atoms with E-state index in [-0.39, 0.29) is 11.4 Å². The zero-order valence-corrected chi connectivity index (χ0v) is 14.1. The lowest BCUT2D eigenvalue weighted by Gasteiger charge is -2.31. The quantitative estimate of drug-likeness (QED) is 0.822. The summed E-state index contributed by atoms with van der Waals surface area (Å²) >= 11 is 0. The van der Waals surface area contributed by atoms with E-state index < -0.39 is 29.5 Å². The van der Waals surface area contributed by atoms with E-state index in [1.165, 1.54) is 19.2 Å². The number of carbonyl (C=O) groups is 2. The van der Waals surface area contributed by atoms with Gasteiger partial charge in [-0.25, -0.2) is 4.39 Å². The van der Waals surface area contributed by atoms with E-state index in [4.69, 9.17) is 14.6 Å². The van der Waals surface area contributed by atoms with E-state index in [2.05, 4.69) is 5.32 Å². The van der Waals surface area contributed by atoms with Gasteiger partial charge in [0.25, 0.3) is 0 Å². The molecule has 0 aliphatic heterocycles. The molecule has 6 nitrogen and oxygen atoms in total. The average Bonchev–Trinajstić information content (AvgIpc) is 2.56. The lowest BCUT2D eigenvalue weighted by Crippen LogP contribution is -2.41. The molecule has 1 aliphatic rings. The smallest absolute Gasteiger partial charge is 0.307 e. The number of benzene rings is 2. The predicted octanol–water partition coefficient (Wildman–Crippen LogP) is 3.68. The first kappa shape index (κ1) is 17.7. The molecule has 136 valence electrons. The average molecular weight is 359 g/mol. The maximum absolute atomic E-state index is 14.3. The third-order valence-electron chi connectivity index (χ3n) is 4.42. The molecule has 3 rings (SSSR count). The number of nitrogens with one attached hydrogen (secondary N) is 1. The number of amides is 1. The molecule has 0 bridgehead atoms. The van der Waals surface area contributed by atoms with Gasteiger partial charge in [0.2, 0.25) is 5.91 Å². The van der Waals surface area contributed by atoms with Crippen molar-refractivity contribution in [3.8, 4) is 17.2 Å². The molecule has 1 amide bonds. The van der Waals surface area contributed by atoms with Gasteiger partial charge in [-0.1, -0.05) is 12.1 Å². The van der Waals surface area contributed by atoms with Gasteiger partial charge in [0, 0.05) is 11.8 Å². The first-order valence-corrected chi connectivity index (χ1v) is 8.13. The van der Waals surface area contributed by atoms with Crippen molar-refractivity contribution in [2.45, 2.75) is 12.8 Å². The molecule has 2 unspecified atom stereocenters. The largest absolute Gasteiger partial charge is 0.493 e. The molecule has 7 heteroatoms. The SMILES string of the molecule is COc1ccccc1Oc1ccc(NC(=O)C2CCC2C(=O)O)cc1F. The second-order valence-corrected chi connectivity index (χ2v) is 6.02. The second-order valence-electron chi connectivity index (χ2n) is 6.02. The Morgan fingerprint density at radius 1 is 1.08 bits per heavy atom. The van der Waals surface area contributed by atoms with Crippen LogP contribution in [0.5, 0.6) is 17.2 Å². The highest BCUT2D eigenvalue weighted by atomic mass is 19.1. The number of carboxylic acid groups (broad SMARTS) is 1. The fourth-order valence-electron chi connectivity index (χ4n) is 2.83. The van der Waals surface area contributed by atoms with Gasteiger partial charge >= 0.3 is 5.97 Å². The number of anilines is 1. The Morgan fingerprint density at radius 2 is 1.77 bits per heavy atom. The summed E-state index contributed by atoms with van der Waals surface area (Å²) in [7, 11) is 1.49. The summed E-state index contributed by atoms with van der Waals surface area (Å²) in [4.78, 5) is 23.1. The van der Waals surface area contributed by atoms with E-state index >= 15 is 0 Å². The van der Waals surface area contributed by atoms with Crippen LogP contribution in [-0.4, -0.2) is 24.1 Å². The van der Waals surface area contributed by atoms with E-state index in [0.717, 1.165) is 6.07 Å². The molecule has 1 fully saturated rings. The third-order valence-corrected chi connectivity index (χ3v) is 4.42. The van der Waals surface area contributed by atoms with Crippen molar-refractivity contribution < 1.29 is 28.6 Å². The minimum absolute atomic E-state index is 0.0143. The molecule has 26 heavy (non-hydrogen) atoms. The highest BCUT2D eigenvalue weighted by Crippen LogP contribution is 2.36. The normalized spacial score (nSPS) is 18.5. The number of aliphatic carboxylic acids is 1. The van der Waals surface area contributed by atoms with Crippen LogP contribution in [0.2, 0.25) is 0 Å². The zero-order chi connectivity index (χ0) is 18.7. The molecular formula is C19H18FNO5. The van der Waals surface area contributed by atoms with Crippen molar-refractivity contribution in [3.05, 3.63) is 48.3 Å². The summed E-state index contributed by atoms with van der Waals surface area (Å²) in [5.41, 5.74) is 0.246. The number of hydrogen-bond acceptors (Lipinski definition) is 4. The number of rotatable bonds is 6. The van der Waals surface area contributed by atoms with Crippen LogP contribution in [0.1, 0.15) is 12.8 Å². The Morgan fingerprint density at radius 3 is 2.35 bits per heavy atom. The van der Waals surface area contributed by atoms with Crippen LogP contribution in [0.25, 0.3) is 0 Å². The van der Waals surface area contributed by atoms with Crippen LogP contribution in [0.15, 0.2) is 42.5 Å². The molecule has 2 aromatic carbocycles. The van der Waals surface area contributed by atoms with Gasteiger partial charge in [0.15, 0.2) is 23.1 Å². The number of halogens is 1. The molecule has 0 spiro atoms. The molecule has 0 aromatic heterocycles. The Balaban J connectivity index is 1.70. The Hall–Kier alpha value is -3.09. The summed E-state index contributed by atoms with van der Waals surface area (Å²) in [6.07, 6.45) is 0.994. The number of carboxylic acids is 1. The van der Waals surface area contributed by atoms with E-state index in [1.807, 2.05) is 0 Å². The maximum atomic E-state index is 14.3. The second kappa shape index (κ2) is 7.43. The minimum atomic E-state index is -0.983. The van der Waals surface area contributed by atoms with Gasteiger partial charge in [-0.05, 0) is 37.1 Å². The monoisotopic (exact) mass is 359 g/mol. The molecule has 2 aromatic rings. The minimum Gasteiger partial charge on any atom is -0.493 e. The van der Waals surface area contributed by atoms with E-state index in [9.17, 15) is 14.0 Å². The number of hydrogen-bond donors (Lipinski definition) is 2. The van der Waals surface area contributed by atoms with Crippen molar-refractivity contribution in [1.29, 1.82) is 0 Å². The molecule has 0 heterocycles. The topological polar surface area (TPSA) is 84.9 Å². The zero-order valence-electron chi connectivity index (χ0n) is 14.1. The van der Waals surface area contributed by atoms with Crippen LogP contribution in [-0.2, 0) is 9.59 Å². The Labute approximate surface area is 149 Å². The summed E-state index contributed by atoms with van der Waals surface area (Å²) in [5, 5.41) is 11.6. The van der Waals surface area contributed by atoms with Gasteiger partial charge in [0.05, 0.1) is 18.9 Å². The van der Waals surface area contributed by atoms with E-state index in [0.29, 0.717) is 24.3 Å². The molecule has 2 N–H and O–H groups in total. The van der Waals surface area contributed by atoms with Crippen molar-refractivity contribution in [3.63, 3.8) is 0 Å². The molecular weight excluding hydrogens is 341 g/mol. The third kappa shape index (κ3) is 3.61.